The van der Waals surface area contributed by atoms with Gasteiger partial charge in [-0.15, -0.1) is 0 Å². The van der Waals surface area contributed by atoms with E-state index in [9.17, 15) is 15.0 Å². The zero-order valence-electron chi connectivity index (χ0n) is 21.7. The third-order valence-electron chi connectivity index (χ3n) is 11.8. The number of ether oxygens (including phenoxy) is 2. The van der Waals surface area contributed by atoms with Crippen LogP contribution in [0.5, 0.6) is 11.5 Å². The first kappa shape index (κ1) is 22.4. The zero-order valence-corrected chi connectivity index (χ0v) is 21.7. The normalized spacial score (nSPS) is 42.3. The van der Waals surface area contributed by atoms with Crippen molar-refractivity contribution in [3.05, 3.63) is 23.3 Å². The van der Waals surface area contributed by atoms with Gasteiger partial charge >= 0.3 is 0 Å². The summed E-state index contributed by atoms with van der Waals surface area (Å²) in [5, 5.41) is 23.1. The molecule has 0 aromatic heterocycles. The molecule has 1 aromatic carbocycles. The van der Waals surface area contributed by atoms with Crippen molar-refractivity contribution in [1.82, 2.24) is 4.90 Å². The van der Waals surface area contributed by atoms with Crippen LogP contribution < -0.4 is 4.74 Å². The van der Waals surface area contributed by atoms with Crippen molar-refractivity contribution < 1.29 is 24.5 Å². The molecule has 1 aromatic rings. The fraction of sp³-hybridized carbons (Fsp3) is 0.759. The van der Waals surface area contributed by atoms with Gasteiger partial charge < -0.3 is 24.6 Å². The molecule has 5 fully saturated rings. The molecule has 7 atom stereocenters. The van der Waals surface area contributed by atoms with Crippen molar-refractivity contribution in [3.8, 4) is 11.5 Å². The second-order valence-corrected chi connectivity index (χ2v) is 13.7. The lowest BCUT2D eigenvalue weighted by Crippen LogP contribution is -2.83. The number of hydrogen-bond acceptors (Lipinski definition) is 5. The monoisotopic (exact) mass is 481 g/mol. The van der Waals surface area contributed by atoms with Crippen molar-refractivity contribution in [1.29, 1.82) is 0 Å². The maximum absolute atomic E-state index is 13.6. The number of likely N-dealkylation sites (tertiary alicyclic amines) is 1. The van der Waals surface area contributed by atoms with Crippen molar-refractivity contribution in [2.45, 2.75) is 101 Å². The van der Waals surface area contributed by atoms with E-state index in [1.165, 1.54) is 11.1 Å². The summed E-state index contributed by atoms with van der Waals surface area (Å²) >= 11 is 0. The molecular formula is C29H39NO5. The number of hydrogen-bond donors (Lipinski definition) is 2. The van der Waals surface area contributed by atoms with Gasteiger partial charge in [0.25, 0.3) is 0 Å². The Morgan fingerprint density at radius 3 is 2.57 bits per heavy atom. The van der Waals surface area contributed by atoms with Crippen LogP contribution in [-0.2, 0) is 21.4 Å². The van der Waals surface area contributed by atoms with Crippen LogP contribution in [0.4, 0.5) is 0 Å². The first-order valence-corrected chi connectivity index (χ1v) is 13.5. The van der Waals surface area contributed by atoms with E-state index in [2.05, 4.69) is 31.7 Å². The quantitative estimate of drug-likeness (QED) is 0.684. The van der Waals surface area contributed by atoms with Gasteiger partial charge in [0.2, 0.25) is 5.91 Å². The Balaban J connectivity index is 1.49. The van der Waals surface area contributed by atoms with Crippen LogP contribution >= 0.6 is 0 Å². The van der Waals surface area contributed by atoms with E-state index < -0.39 is 11.2 Å². The maximum Gasteiger partial charge on any atom is 0.225 e. The number of carbonyl (C=O) groups excluding carboxylic acids is 1. The number of amides is 1. The lowest BCUT2D eigenvalue weighted by Gasteiger charge is -2.75. The van der Waals surface area contributed by atoms with Crippen LogP contribution in [0.3, 0.4) is 0 Å². The molecule has 2 heterocycles. The number of aromatic hydroxyl groups is 1. The molecule has 6 heteroatoms. The Bertz CT molecular complexity index is 1130. The predicted molar refractivity (Wildman–Crippen MR) is 130 cm³/mol. The average molecular weight is 482 g/mol. The Morgan fingerprint density at radius 2 is 1.91 bits per heavy atom. The van der Waals surface area contributed by atoms with Crippen LogP contribution in [0.2, 0.25) is 0 Å². The van der Waals surface area contributed by atoms with E-state index >= 15 is 0 Å². The highest BCUT2D eigenvalue weighted by atomic mass is 16.6. The minimum absolute atomic E-state index is 0.0897. The van der Waals surface area contributed by atoms with Gasteiger partial charge in [0, 0.05) is 47.9 Å². The maximum atomic E-state index is 13.6. The summed E-state index contributed by atoms with van der Waals surface area (Å²) in [4.78, 5) is 15.8. The van der Waals surface area contributed by atoms with Crippen LogP contribution in [0.15, 0.2) is 12.1 Å². The summed E-state index contributed by atoms with van der Waals surface area (Å²) in [5.41, 5.74) is -0.152. The van der Waals surface area contributed by atoms with E-state index in [1.807, 2.05) is 6.92 Å². The number of rotatable bonds is 3. The number of aliphatic hydroxyl groups is 1. The predicted octanol–water partition coefficient (Wildman–Crippen LogP) is 3.94. The van der Waals surface area contributed by atoms with Crippen LogP contribution in [0.25, 0.3) is 0 Å². The molecule has 1 amide bonds. The SMILES string of the molecule is CO[C@]12CC[C@@]3(C[C@H]1C(C)(O)C(C)(C)C)[C@H]1Cc4ccc(O)c5c4[C@@]3(CCN1C(=O)C1CC1)[C@H]2O5. The highest BCUT2D eigenvalue weighted by Gasteiger charge is 2.82. The molecule has 5 aliphatic carbocycles. The second-order valence-electron chi connectivity index (χ2n) is 13.7. The summed E-state index contributed by atoms with van der Waals surface area (Å²) in [7, 11) is 1.78. The Hall–Kier alpha value is -1.79. The third-order valence-corrected chi connectivity index (χ3v) is 11.8. The molecule has 190 valence electrons. The van der Waals surface area contributed by atoms with Crippen LogP contribution in [-0.4, -0.2) is 58.0 Å². The van der Waals surface area contributed by atoms with Gasteiger partial charge in [-0.25, -0.2) is 0 Å². The summed E-state index contributed by atoms with van der Waals surface area (Å²) in [6, 6.07) is 3.90. The minimum Gasteiger partial charge on any atom is -0.504 e. The molecule has 7 aliphatic rings. The fourth-order valence-electron chi connectivity index (χ4n) is 9.46. The molecule has 6 nitrogen and oxygen atoms in total. The van der Waals surface area contributed by atoms with Gasteiger partial charge in [-0.3, -0.25) is 4.79 Å². The van der Waals surface area contributed by atoms with Gasteiger partial charge in [0.1, 0.15) is 11.7 Å². The zero-order chi connectivity index (χ0) is 24.8. The van der Waals surface area contributed by atoms with Gasteiger partial charge in [-0.2, -0.15) is 0 Å². The Morgan fingerprint density at radius 1 is 1.17 bits per heavy atom. The van der Waals surface area contributed by atoms with Crippen molar-refractivity contribution in [2.24, 2.45) is 22.7 Å². The van der Waals surface area contributed by atoms with E-state index in [-0.39, 0.29) is 46.0 Å². The standard InChI is InChI=1S/C29H39NO5/c1-25(2,3)26(4,33)19-15-27-10-11-29(19,34-5)24-28(27)12-13-30(23(32)16-6-7-16)20(27)14-17-8-9-18(31)22(35-24)21(17)28/h8-9,16,19-20,24,31,33H,6-7,10-15H2,1-5H3/t19-,20+,24+,26?,27+,28-,29+/m0/s1. The molecule has 2 aliphatic heterocycles. The lowest BCUT2D eigenvalue weighted by atomic mass is 9.33. The molecule has 1 saturated heterocycles. The summed E-state index contributed by atoms with van der Waals surface area (Å²) < 4.78 is 13.4. The molecule has 1 unspecified atom stereocenters. The minimum atomic E-state index is -1.00. The number of phenols is 1. The van der Waals surface area contributed by atoms with Gasteiger partial charge in [-0.1, -0.05) is 26.8 Å². The summed E-state index contributed by atoms with van der Waals surface area (Å²) in [6.07, 6.45) is 5.89. The van der Waals surface area contributed by atoms with Crippen LogP contribution in [0, 0.1) is 22.7 Å². The average Bonchev–Trinajstić information content (AvgIpc) is 3.59. The van der Waals surface area contributed by atoms with Gasteiger partial charge in [0.15, 0.2) is 11.5 Å². The molecule has 2 N–H and O–H groups in total. The number of piperidine rings is 1. The molecule has 8 rings (SSSR count). The largest absolute Gasteiger partial charge is 0.504 e. The smallest absolute Gasteiger partial charge is 0.225 e. The highest BCUT2D eigenvalue weighted by Crippen LogP contribution is 2.78. The number of nitrogens with zero attached hydrogens (tertiary/aromatic N) is 1. The molecular weight excluding hydrogens is 442 g/mol. The Labute approximate surface area is 208 Å². The number of fused-ring (bicyclic) bond motifs is 2. The highest BCUT2D eigenvalue weighted by molar-refractivity contribution is 5.82. The number of carbonyl (C=O) groups is 1. The lowest BCUT2D eigenvalue weighted by molar-refractivity contribution is -0.311. The number of phenolic OH excluding ortho intramolecular Hbond substituents is 1. The van der Waals surface area contributed by atoms with Crippen molar-refractivity contribution >= 4 is 5.91 Å². The topological polar surface area (TPSA) is 79.2 Å². The molecule has 4 bridgehead atoms. The molecule has 35 heavy (non-hydrogen) atoms. The summed E-state index contributed by atoms with van der Waals surface area (Å²) in [6.45, 7) is 9.01. The molecule has 0 radical (unpaired) electrons. The van der Waals surface area contributed by atoms with Crippen molar-refractivity contribution in [3.63, 3.8) is 0 Å². The third kappa shape index (κ3) is 2.29. The first-order valence-electron chi connectivity index (χ1n) is 13.5. The van der Waals surface area contributed by atoms with Gasteiger partial charge in [0.05, 0.1) is 5.60 Å². The van der Waals surface area contributed by atoms with E-state index in [0.29, 0.717) is 11.7 Å². The number of methoxy groups -OCH3 is 1. The van der Waals surface area contributed by atoms with E-state index in [1.54, 1.807) is 13.2 Å². The summed E-state index contributed by atoms with van der Waals surface area (Å²) in [5.74, 6) is 1.18. The molecule has 2 spiro atoms. The Kier molecular flexibility index (Phi) is 4.08. The first-order chi connectivity index (χ1) is 16.4. The fourth-order valence-corrected chi connectivity index (χ4v) is 9.46. The molecule has 4 saturated carbocycles. The van der Waals surface area contributed by atoms with E-state index in [0.717, 1.165) is 51.5 Å². The second kappa shape index (κ2) is 6.36. The number of benzene rings is 1. The van der Waals surface area contributed by atoms with E-state index in [4.69, 9.17) is 9.47 Å². The van der Waals surface area contributed by atoms with Gasteiger partial charge in [-0.05, 0) is 68.9 Å². The van der Waals surface area contributed by atoms with Crippen LogP contribution in [0.1, 0.15) is 77.3 Å². The van der Waals surface area contributed by atoms with Crippen molar-refractivity contribution in [2.75, 3.05) is 13.7 Å².